The van der Waals surface area contributed by atoms with Crippen LogP contribution in [0.3, 0.4) is 0 Å². The van der Waals surface area contributed by atoms with Crippen LogP contribution in [0.15, 0.2) is 0 Å². The van der Waals surface area contributed by atoms with Crippen LogP contribution in [0.4, 0.5) is 0 Å². The second-order valence-corrected chi connectivity index (χ2v) is 2.67. The summed E-state index contributed by atoms with van der Waals surface area (Å²) in [6, 6.07) is 0. The fraction of sp³-hybridized carbons (Fsp3) is 0.500. The van der Waals surface area contributed by atoms with Gasteiger partial charge in [0.05, 0.1) is 12.3 Å². The number of hydrogen-bond donors (Lipinski definition) is 0. The number of halogens is 1. The first-order valence-corrected chi connectivity index (χ1v) is 3.40. The van der Waals surface area contributed by atoms with Gasteiger partial charge in [-0.05, 0) is 11.6 Å². The topological polar surface area (TPSA) is 60.4 Å². The maximum Gasteiger partial charge on any atom is 0.317 e. The minimum Gasteiger partial charge on any atom is -0.393 e. The summed E-state index contributed by atoms with van der Waals surface area (Å²) in [4.78, 5) is 31.4. The molecule has 1 fully saturated rings. The molecule has 60 valence electrons. The summed E-state index contributed by atoms with van der Waals surface area (Å²) in [5, 5.41) is -0.623. The first-order chi connectivity index (χ1) is 5.09. The monoisotopic (exact) mass is 176 g/mol. The summed E-state index contributed by atoms with van der Waals surface area (Å²) in [6.07, 6.45) is -0.149. The van der Waals surface area contributed by atoms with Gasteiger partial charge in [0.2, 0.25) is 5.24 Å². The molecule has 0 aromatic rings. The van der Waals surface area contributed by atoms with Gasteiger partial charge < -0.3 is 4.74 Å². The second-order valence-electron chi connectivity index (χ2n) is 2.25. The molecule has 1 atom stereocenters. The molecule has 1 aliphatic heterocycles. The van der Waals surface area contributed by atoms with E-state index < -0.39 is 23.1 Å². The van der Waals surface area contributed by atoms with Crippen LogP contribution in [0.2, 0.25) is 0 Å². The molecule has 0 saturated carbocycles. The highest BCUT2D eigenvalue weighted by Crippen LogP contribution is 2.20. The van der Waals surface area contributed by atoms with E-state index in [9.17, 15) is 14.4 Å². The molecular formula is C6H5ClO4. The van der Waals surface area contributed by atoms with E-state index in [-0.39, 0.29) is 12.8 Å². The van der Waals surface area contributed by atoms with Crippen LogP contribution in [-0.4, -0.2) is 17.2 Å². The molecule has 4 nitrogen and oxygen atoms in total. The van der Waals surface area contributed by atoms with E-state index in [1.54, 1.807) is 0 Å². The molecule has 0 N–H and O–H groups in total. The molecule has 1 saturated heterocycles. The number of esters is 2. The quantitative estimate of drug-likeness (QED) is 0.343. The minimum atomic E-state index is -0.660. The first-order valence-electron chi connectivity index (χ1n) is 3.02. The lowest BCUT2D eigenvalue weighted by atomic mass is 10.1. The SMILES string of the molecule is O=C(Cl)C[C@H]1CC(=O)OC1=O. The highest BCUT2D eigenvalue weighted by atomic mass is 35.5. The van der Waals surface area contributed by atoms with Crippen LogP contribution in [0.25, 0.3) is 0 Å². The summed E-state index contributed by atoms with van der Waals surface area (Å²) in [5.41, 5.74) is 0. The number of hydrogen-bond acceptors (Lipinski definition) is 4. The van der Waals surface area contributed by atoms with Gasteiger partial charge in [-0.25, -0.2) is 0 Å². The van der Waals surface area contributed by atoms with Gasteiger partial charge in [0, 0.05) is 6.42 Å². The highest BCUT2D eigenvalue weighted by molar-refractivity contribution is 6.63. The predicted octanol–water partition coefficient (Wildman–Crippen LogP) is 0.232. The van der Waals surface area contributed by atoms with E-state index in [1.807, 2.05) is 0 Å². The maximum atomic E-state index is 10.7. The van der Waals surface area contributed by atoms with Crippen molar-refractivity contribution in [2.24, 2.45) is 5.92 Å². The number of rotatable bonds is 2. The molecule has 0 bridgehead atoms. The molecule has 0 amide bonds. The van der Waals surface area contributed by atoms with Gasteiger partial charge in [0.15, 0.2) is 0 Å². The molecular weight excluding hydrogens is 172 g/mol. The Morgan fingerprint density at radius 2 is 2.27 bits per heavy atom. The molecule has 0 aromatic heterocycles. The Hall–Kier alpha value is -0.900. The highest BCUT2D eigenvalue weighted by Gasteiger charge is 2.34. The van der Waals surface area contributed by atoms with Gasteiger partial charge in [-0.3, -0.25) is 14.4 Å². The summed E-state index contributed by atoms with van der Waals surface area (Å²) in [5.74, 6) is -1.89. The third kappa shape index (κ3) is 2.01. The number of carbonyl (C=O) groups excluding carboxylic acids is 3. The zero-order chi connectivity index (χ0) is 8.43. The van der Waals surface area contributed by atoms with Gasteiger partial charge >= 0.3 is 11.9 Å². The lowest BCUT2D eigenvalue weighted by Gasteiger charge is -1.96. The molecule has 0 spiro atoms. The average Bonchev–Trinajstić information content (AvgIpc) is 2.09. The maximum absolute atomic E-state index is 10.7. The average molecular weight is 177 g/mol. The van der Waals surface area contributed by atoms with Crippen molar-refractivity contribution in [3.8, 4) is 0 Å². The summed E-state index contributed by atoms with van der Waals surface area (Å²) >= 11 is 5.01. The van der Waals surface area contributed by atoms with Crippen molar-refractivity contribution < 1.29 is 19.1 Å². The summed E-state index contributed by atoms with van der Waals surface area (Å²) in [7, 11) is 0. The molecule has 1 rings (SSSR count). The normalized spacial score (nSPS) is 23.5. The van der Waals surface area contributed by atoms with Crippen molar-refractivity contribution in [3.05, 3.63) is 0 Å². The van der Waals surface area contributed by atoms with Crippen LogP contribution in [0, 0.1) is 5.92 Å². The van der Waals surface area contributed by atoms with Gasteiger partial charge in [-0.15, -0.1) is 0 Å². The number of cyclic esters (lactones) is 2. The standard InChI is InChI=1S/C6H5ClO4/c7-4(8)1-3-2-5(9)11-6(3)10/h3H,1-2H2/t3-/m0/s1. The second kappa shape index (κ2) is 3.00. The van der Waals surface area contributed by atoms with Crippen LogP contribution in [-0.2, 0) is 19.1 Å². The van der Waals surface area contributed by atoms with Gasteiger partial charge in [0.25, 0.3) is 0 Å². The molecule has 1 heterocycles. The largest absolute Gasteiger partial charge is 0.393 e. The van der Waals surface area contributed by atoms with E-state index in [0.29, 0.717) is 0 Å². The van der Waals surface area contributed by atoms with Crippen molar-refractivity contribution >= 4 is 28.8 Å². The Labute approximate surface area is 67.5 Å². The lowest BCUT2D eigenvalue weighted by molar-refractivity contribution is -0.153. The molecule has 0 unspecified atom stereocenters. The lowest BCUT2D eigenvalue weighted by Crippen LogP contribution is -2.09. The van der Waals surface area contributed by atoms with Crippen molar-refractivity contribution in [1.29, 1.82) is 0 Å². The van der Waals surface area contributed by atoms with Crippen LogP contribution < -0.4 is 0 Å². The van der Waals surface area contributed by atoms with Gasteiger partial charge in [-0.2, -0.15) is 0 Å². The van der Waals surface area contributed by atoms with E-state index in [4.69, 9.17) is 11.6 Å². The summed E-state index contributed by atoms with van der Waals surface area (Å²) in [6.45, 7) is 0. The molecule has 1 aliphatic rings. The van der Waals surface area contributed by atoms with E-state index >= 15 is 0 Å². The third-order valence-electron chi connectivity index (χ3n) is 1.37. The van der Waals surface area contributed by atoms with E-state index in [2.05, 4.69) is 4.74 Å². The Kier molecular flexibility index (Phi) is 2.24. The van der Waals surface area contributed by atoms with Crippen LogP contribution in [0.1, 0.15) is 12.8 Å². The van der Waals surface area contributed by atoms with Crippen LogP contribution in [0.5, 0.6) is 0 Å². The zero-order valence-corrected chi connectivity index (χ0v) is 6.26. The smallest absolute Gasteiger partial charge is 0.317 e. The minimum absolute atomic E-state index is 0.0305. The molecule has 11 heavy (non-hydrogen) atoms. The molecule has 0 radical (unpaired) electrons. The zero-order valence-electron chi connectivity index (χ0n) is 5.50. The van der Waals surface area contributed by atoms with Crippen molar-refractivity contribution in [2.45, 2.75) is 12.8 Å². The van der Waals surface area contributed by atoms with Gasteiger partial charge in [0.1, 0.15) is 0 Å². The van der Waals surface area contributed by atoms with Crippen molar-refractivity contribution in [2.75, 3.05) is 0 Å². The Balaban J connectivity index is 2.53. The van der Waals surface area contributed by atoms with Gasteiger partial charge in [-0.1, -0.05) is 0 Å². The van der Waals surface area contributed by atoms with Crippen molar-refractivity contribution in [1.82, 2.24) is 0 Å². The summed E-state index contributed by atoms with van der Waals surface area (Å²) < 4.78 is 4.19. The molecule has 5 heteroatoms. The van der Waals surface area contributed by atoms with E-state index in [1.165, 1.54) is 0 Å². The Morgan fingerprint density at radius 1 is 1.64 bits per heavy atom. The fourth-order valence-electron chi connectivity index (χ4n) is 0.871. The number of ether oxygens (including phenoxy) is 1. The van der Waals surface area contributed by atoms with E-state index in [0.717, 1.165) is 0 Å². The van der Waals surface area contributed by atoms with Crippen LogP contribution >= 0.6 is 11.6 Å². The predicted molar refractivity (Wildman–Crippen MR) is 34.7 cm³/mol. The Bertz CT molecular complexity index is 223. The molecule has 0 aliphatic carbocycles. The first kappa shape index (κ1) is 8.20. The van der Waals surface area contributed by atoms with Crippen molar-refractivity contribution in [3.63, 3.8) is 0 Å². The number of carbonyl (C=O) groups is 3. The fourth-order valence-corrected chi connectivity index (χ4v) is 1.06. The Morgan fingerprint density at radius 3 is 2.64 bits per heavy atom. The third-order valence-corrected chi connectivity index (χ3v) is 1.52. The molecule has 0 aromatic carbocycles.